The van der Waals surface area contributed by atoms with Crippen LogP contribution in [0.4, 0.5) is 5.82 Å². The molecule has 0 aromatic carbocycles. The predicted molar refractivity (Wildman–Crippen MR) is 89.4 cm³/mol. The molecule has 124 valence electrons. The molecule has 2 saturated carbocycles. The number of aromatic nitrogens is 4. The first-order valence-corrected chi connectivity index (χ1v) is 8.75. The third-order valence-electron chi connectivity index (χ3n) is 5.71. The molecular weight excluding hydrogens is 290 g/mol. The van der Waals surface area contributed by atoms with Gasteiger partial charge in [0, 0.05) is 24.9 Å². The molecule has 0 atom stereocenters. The van der Waals surface area contributed by atoms with Gasteiger partial charge in [0.05, 0.1) is 18.2 Å². The Morgan fingerprint density at radius 3 is 2.70 bits per heavy atom. The van der Waals surface area contributed by atoms with Gasteiger partial charge in [-0.05, 0) is 25.7 Å². The minimum Gasteiger partial charge on any atom is -0.396 e. The topological polar surface area (TPSA) is 75.9 Å². The van der Waals surface area contributed by atoms with Crippen molar-refractivity contribution in [3.63, 3.8) is 0 Å². The molecule has 0 bridgehead atoms. The van der Waals surface area contributed by atoms with Crippen molar-refractivity contribution in [3.8, 4) is 0 Å². The molecule has 2 aromatic rings. The van der Waals surface area contributed by atoms with Crippen LogP contribution in [0.5, 0.6) is 0 Å². The van der Waals surface area contributed by atoms with Crippen LogP contribution in [-0.2, 0) is 7.05 Å². The minimum atomic E-state index is 0.0347. The van der Waals surface area contributed by atoms with Crippen molar-refractivity contribution in [2.45, 2.75) is 50.9 Å². The van der Waals surface area contributed by atoms with Crippen molar-refractivity contribution in [1.82, 2.24) is 19.7 Å². The highest BCUT2D eigenvalue weighted by Crippen LogP contribution is 2.41. The van der Waals surface area contributed by atoms with Crippen LogP contribution in [0.3, 0.4) is 0 Å². The van der Waals surface area contributed by atoms with E-state index in [1.807, 2.05) is 17.9 Å². The molecule has 0 radical (unpaired) electrons. The van der Waals surface area contributed by atoms with Crippen molar-refractivity contribution in [3.05, 3.63) is 12.0 Å². The highest BCUT2D eigenvalue weighted by Gasteiger charge is 2.36. The Bertz CT molecular complexity index is 695. The zero-order chi connectivity index (χ0) is 15.9. The second-order valence-electron chi connectivity index (χ2n) is 7.28. The van der Waals surface area contributed by atoms with Crippen molar-refractivity contribution in [2.75, 3.05) is 18.5 Å². The second kappa shape index (κ2) is 5.74. The summed E-state index contributed by atoms with van der Waals surface area (Å²) in [7, 11) is 1.93. The lowest BCUT2D eigenvalue weighted by atomic mass is 9.69. The van der Waals surface area contributed by atoms with Crippen molar-refractivity contribution in [1.29, 1.82) is 0 Å². The summed E-state index contributed by atoms with van der Waals surface area (Å²) >= 11 is 0. The van der Waals surface area contributed by atoms with Gasteiger partial charge in [-0.1, -0.05) is 19.3 Å². The number of nitrogens with one attached hydrogen (secondary N) is 1. The van der Waals surface area contributed by atoms with Gasteiger partial charge in [-0.3, -0.25) is 4.68 Å². The number of hydrogen-bond acceptors (Lipinski definition) is 5. The van der Waals surface area contributed by atoms with E-state index in [1.165, 1.54) is 32.1 Å². The van der Waals surface area contributed by atoms with Gasteiger partial charge in [0.1, 0.15) is 11.6 Å². The lowest BCUT2D eigenvalue weighted by Crippen LogP contribution is -2.40. The molecule has 6 nitrogen and oxygen atoms in total. The Labute approximate surface area is 136 Å². The number of aliphatic hydroxyl groups excluding tert-OH is 1. The Morgan fingerprint density at radius 1 is 1.26 bits per heavy atom. The van der Waals surface area contributed by atoms with E-state index in [1.54, 1.807) is 0 Å². The summed E-state index contributed by atoms with van der Waals surface area (Å²) in [6, 6.07) is 0. The first-order chi connectivity index (χ1) is 11.2. The monoisotopic (exact) mass is 315 g/mol. The number of anilines is 1. The average Bonchev–Trinajstić information content (AvgIpc) is 3.17. The molecule has 2 aromatic heterocycles. The van der Waals surface area contributed by atoms with Gasteiger partial charge in [0.25, 0.3) is 0 Å². The van der Waals surface area contributed by atoms with Crippen LogP contribution < -0.4 is 5.32 Å². The SMILES string of the molecule is Cn1ncc2c(NCC3(CO)CCC3)nc(C3CCCC3)nc21. The third kappa shape index (κ3) is 2.59. The van der Waals surface area contributed by atoms with E-state index in [9.17, 15) is 5.11 Å². The molecular formula is C17H25N5O. The molecule has 0 saturated heterocycles. The smallest absolute Gasteiger partial charge is 0.163 e. The molecule has 0 amide bonds. The fraction of sp³-hybridized carbons (Fsp3) is 0.706. The van der Waals surface area contributed by atoms with E-state index in [-0.39, 0.29) is 12.0 Å². The summed E-state index contributed by atoms with van der Waals surface area (Å²) in [5, 5.41) is 18.5. The van der Waals surface area contributed by atoms with E-state index < -0.39 is 0 Å². The number of rotatable bonds is 5. The van der Waals surface area contributed by atoms with Gasteiger partial charge in [-0.2, -0.15) is 5.10 Å². The maximum absolute atomic E-state index is 9.67. The Morgan fingerprint density at radius 2 is 2.04 bits per heavy atom. The molecule has 0 unspecified atom stereocenters. The molecule has 2 aliphatic carbocycles. The molecule has 0 aliphatic heterocycles. The lowest BCUT2D eigenvalue weighted by Gasteiger charge is -2.40. The van der Waals surface area contributed by atoms with Gasteiger partial charge in [-0.25, -0.2) is 9.97 Å². The van der Waals surface area contributed by atoms with Gasteiger partial charge in [0.2, 0.25) is 0 Å². The molecule has 0 spiro atoms. The summed E-state index contributed by atoms with van der Waals surface area (Å²) < 4.78 is 1.83. The quantitative estimate of drug-likeness (QED) is 0.887. The van der Waals surface area contributed by atoms with E-state index >= 15 is 0 Å². The molecule has 4 rings (SSSR count). The highest BCUT2D eigenvalue weighted by atomic mass is 16.3. The Hall–Kier alpha value is -1.69. The normalized spacial score (nSPS) is 20.8. The molecule has 23 heavy (non-hydrogen) atoms. The number of fused-ring (bicyclic) bond motifs is 1. The summed E-state index contributed by atoms with van der Waals surface area (Å²) in [5.41, 5.74) is 0.934. The van der Waals surface area contributed by atoms with Crippen molar-refractivity contribution in [2.24, 2.45) is 12.5 Å². The average molecular weight is 315 g/mol. The Balaban J connectivity index is 1.66. The van der Waals surface area contributed by atoms with Crippen LogP contribution in [0.2, 0.25) is 0 Å². The first-order valence-electron chi connectivity index (χ1n) is 8.75. The number of nitrogens with zero attached hydrogens (tertiary/aromatic N) is 4. The fourth-order valence-electron chi connectivity index (χ4n) is 3.88. The van der Waals surface area contributed by atoms with Crippen LogP contribution in [0.1, 0.15) is 56.7 Å². The summed E-state index contributed by atoms with van der Waals surface area (Å²) in [6.07, 6.45) is 10.1. The van der Waals surface area contributed by atoms with Gasteiger partial charge in [0.15, 0.2) is 5.65 Å². The summed E-state index contributed by atoms with van der Waals surface area (Å²) in [4.78, 5) is 9.61. The fourth-order valence-corrected chi connectivity index (χ4v) is 3.88. The number of aryl methyl sites for hydroxylation is 1. The highest BCUT2D eigenvalue weighted by molar-refractivity contribution is 5.86. The second-order valence-corrected chi connectivity index (χ2v) is 7.28. The van der Waals surface area contributed by atoms with E-state index in [0.29, 0.717) is 5.92 Å². The molecule has 6 heteroatoms. The van der Waals surface area contributed by atoms with Crippen LogP contribution in [0, 0.1) is 5.41 Å². The standard InChI is InChI=1S/C17H25N5O/c1-22-16-13(9-19-22)15(18-10-17(11-23)7-4-8-17)20-14(21-16)12-5-2-3-6-12/h9,12,23H,2-8,10-11H2,1H3,(H,18,20,21). The third-order valence-corrected chi connectivity index (χ3v) is 5.71. The van der Waals surface area contributed by atoms with Crippen LogP contribution in [-0.4, -0.2) is 38.0 Å². The summed E-state index contributed by atoms with van der Waals surface area (Å²) in [6.45, 7) is 1.02. The van der Waals surface area contributed by atoms with Crippen LogP contribution >= 0.6 is 0 Å². The lowest BCUT2D eigenvalue weighted by molar-refractivity contribution is 0.0576. The van der Waals surface area contributed by atoms with Crippen LogP contribution in [0.25, 0.3) is 11.0 Å². The first kappa shape index (κ1) is 14.9. The molecule has 2 aliphatic rings. The molecule has 2 heterocycles. The van der Waals surface area contributed by atoms with E-state index in [0.717, 1.165) is 42.1 Å². The summed E-state index contributed by atoms with van der Waals surface area (Å²) in [5.74, 6) is 2.31. The van der Waals surface area contributed by atoms with Gasteiger partial charge in [-0.15, -0.1) is 0 Å². The van der Waals surface area contributed by atoms with E-state index in [4.69, 9.17) is 9.97 Å². The Kier molecular flexibility index (Phi) is 3.71. The molecule has 2 fully saturated rings. The van der Waals surface area contributed by atoms with Gasteiger partial charge >= 0.3 is 0 Å². The zero-order valence-electron chi connectivity index (χ0n) is 13.8. The van der Waals surface area contributed by atoms with Crippen molar-refractivity contribution >= 4 is 16.9 Å². The van der Waals surface area contributed by atoms with E-state index in [2.05, 4.69) is 10.4 Å². The van der Waals surface area contributed by atoms with Gasteiger partial charge < -0.3 is 10.4 Å². The number of aliphatic hydroxyl groups is 1. The molecule has 2 N–H and O–H groups in total. The zero-order valence-corrected chi connectivity index (χ0v) is 13.8. The maximum Gasteiger partial charge on any atom is 0.163 e. The van der Waals surface area contributed by atoms with Crippen molar-refractivity contribution < 1.29 is 5.11 Å². The minimum absolute atomic E-state index is 0.0347. The number of hydrogen-bond donors (Lipinski definition) is 2. The maximum atomic E-state index is 9.67. The predicted octanol–water partition coefficient (Wildman–Crippen LogP) is 2.60. The van der Waals surface area contributed by atoms with Crippen LogP contribution in [0.15, 0.2) is 6.20 Å². The largest absolute Gasteiger partial charge is 0.396 e.